The molecule has 0 bridgehead atoms. The molecule has 8 heteroatoms. The number of sulfonamides is 1. The third-order valence-electron chi connectivity index (χ3n) is 4.71. The molecule has 0 saturated carbocycles. The van der Waals surface area contributed by atoms with Crippen molar-refractivity contribution in [2.75, 3.05) is 25.0 Å². The fraction of sp³-hybridized carbons (Fsp3) is 0.350. The molecule has 6 nitrogen and oxygen atoms in total. The van der Waals surface area contributed by atoms with E-state index in [2.05, 4.69) is 5.32 Å². The molecule has 150 valence electrons. The Bertz CT molecular complexity index is 926. The standard InChI is InChI=1S/C20H23ClN2O4S/c1-2-27-19-9-8-17(14-18(19)21)28(25,26)23-12-10-15(11-13-23)20(24)22-16-6-4-3-5-7-16/h3-9,14-15H,2,10-13H2,1H3,(H,22,24). The molecule has 0 spiro atoms. The summed E-state index contributed by atoms with van der Waals surface area (Å²) in [5, 5.41) is 3.15. The van der Waals surface area contributed by atoms with Crippen LogP contribution < -0.4 is 10.1 Å². The number of anilines is 1. The van der Waals surface area contributed by atoms with Crippen LogP contribution in [0.25, 0.3) is 0 Å². The molecule has 3 rings (SSSR count). The average Bonchev–Trinajstić information content (AvgIpc) is 2.70. The minimum atomic E-state index is -3.66. The number of hydrogen-bond donors (Lipinski definition) is 1. The number of carbonyl (C=O) groups excluding carboxylic acids is 1. The molecule has 0 unspecified atom stereocenters. The van der Waals surface area contributed by atoms with Crippen LogP contribution in [0.1, 0.15) is 19.8 Å². The number of hydrogen-bond acceptors (Lipinski definition) is 4. The van der Waals surface area contributed by atoms with Gasteiger partial charge in [-0.2, -0.15) is 4.31 Å². The highest BCUT2D eigenvalue weighted by Crippen LogP contribution is 2.30. The van der Waals surface area contributed by atoms with Crippen molar-refractivity contribution < 1.29 is 17.9 Å². The summed E-state index contributed by atoms with van der Waals surface area (Å²) < 4.78 is 32.6. The van der Waals surface area contributed by atoms with Gasteiger partial charge in [0.05, 0.1) is 16.5 Å². The van der Waals surface area contributed by atoms with Crippen molar-refractivity contribution in [3.05, 3.63) is 53.6 Å². The molecule has 0 atom stereocenters. The van der Waals surface area contributed by atoms with Gasteiger partial charge in [0.25, 0.3) is 0 Å². The van der Waals surface area contributed by atoms with Crippen LogP contribution in [0.5, 0.6) is 5.75 Å². The second-order valence-corrected chi connectivity index (χ2v) is 8.90. The summed E-state index contributed by atoms with van der Waals surface area (Å²) in [6.07, 6.45) is 0.950. The summed E-state index contributed by atoms with van der Waals surface area (Å²) in [4.78, 5) is 12.6. The molecule has 1 fully saturated rings. The van der Waals surface area contributed by atoms with Crippen LogP contribution in [-0.2, 0) is 14.8 Å². The van der Waals surface area contributed by atoms with Crippen molar-refractivity contribution in [1.82, 2.24) is 4.31 Å². The Kier molecular flexibility index (Phi) is 6.59. The predicted octanol–water partition coefficient (Wildman–Crippen LogP) is 3.78. The number of ether oxygens (including phenoxy) is 1. The third kappa shape index (κ3) is 4.66. The first-order chi connectivity index (χ1) is 13.4. The fourth-order valence-corrected chi connectivity index (χ4v) is 4.98. The van der Waals surface area contributed by atoms with Crippen LogP contribution in [-0.4, -0.2) is 38.3 Å². The van der Waals surface area contributed by atoms with Crippen molar-refractivity contribution in [1.29, 1.82) is 0 Å². The summed E-state index contributed by atoms with van der Waals surface area (Å²) >= 11 is 6.13. The molecule has 1 heterocycles. The number of benzene rings is 2. The molecule has 1 aliphatic heterocycles. The number of halogens is 1. The fourth-order valence-electron chi connectivity index (χ4n) is 3.19. The van der Waals surface area contributed by atoms with E-state index in [4.69, 9.17) is 16.3 Å². The first-order valence-electron chi connectivity index (χ1n) is 9.20. The van der Waals surface area contributed by atoms with E-state index in [1.807, 2.05) is 37.3 Å². The van der Waals surface area contributed by atoms with Crippen LogP contribution in [0, 0.1) is 5.92 Å². The van der Waals surface area contributed by atoms with Gasteiger partial charge in [-0.1, -0.05) is 29.8 Å². The van der Waals surface area contributed by atoms with Gasteiger partial charge in [0, 0.05) is 24.7 Å². The van der Waals surface area contributed by atoms with Crippen LogP contribution in [0.3, 0.4) is 0 Å². The molecular weight excluding hydrogens is 400 g/mol. The number of carbonyl (C=O) groups is 1. The highest BCUT2D eigenvalue weighted by molar-refractivity contribution is 7.89. The summed E-state index contributed by atoms with van der Waals surface area (Å²) in [6, 6.07) is 13.7. The van der Waals surface area contributed by atoms with E-state index in [1.54, 1.807) is 6.07 Å². The number of nitrogens with zero attached hydrogens (tertiary/aromatic N) is 1. The summed E-state index contributed by atoms with van der Waals surface area (Å²) in [7, 11) is -3.66. The number of piperidine rings is 1. The zero-order valence-electron chi connectivity index (χ0n) is 15.6. The molecule has 1 saturated heterocycles. The van der Waals surface area contributed by atoms with Gasteiger partial charge >= 0.3 is 0 Å². The molecule has 0 radical (unpaired) electrons. The lowest BCUT2D eigenvalue weighted by Gasteiger charge is -2.30. The topological polar surface area (TPSA) is 75.7 Å². The highest BCUT2D eigenvalue weighted by atomic mass is 35.5. The van der Waals surface area contributed by atoms with E-state index in [9.17, 15) is 13.2 Å². The average molecular weight is 423 g/mol. The first kappa shape index (κ1) is 20.6. The molecular formula is C20H23ClN2O4S. The summed E-state index contributed by atoms with van der Waals surface area (Å²) in [6.45, 7) is 2.86. The SMILES string of the molecule is CCOc1ccc(S(=O)(=O)N2CCC(C(=O)Nc3ccccc3)CC2)cc1Cl. The molecule has 28 heavy (non-hydrogen) atoms. The van der Waals surface area contributed by atoms with E-state index in [-0.39, 0.29) is 21.7 Å². The third-order valence-corrected chi connectivity index (χ3v) is 6.90. The quantitative estimate of drug-likeness (QED) is 0.768. The van der Waals surface area contributed by atoms with Gasteiger partial charge in [0.1, 0.15) is 5.75 Å². The Morgan fingerprint density at radius 3 is 2.46 bits per heavy atom. The Balaban J connectivity index is 1.63. The molecule has 2 aromatic rings. The lowest BCUT2D eigenvalue weighted by Crippen LogP contribution is -2.41. The van der Waals surface area contributed by atoms with Gasteiger partial charge in [-0.15, -0.1) is 0 Å². The number of nitrogens with one attached hydrogen (secondary N) is 1. The smallest absolute Gasteiger partial charge is 0.243 e. The van der Waals surface area contributed by atoms with E-state index < -0.39 is 10.0 Å². The van der Waals surface area contributed by atoms with Crippen LogP contribution in [0.15, 0.2) is 53.4 Å². The maximum atomic E-state index is 12.9. The van der Waals surface area contributed by atoms with Crippen LogP contribution in [0.2, 0.25) is 5.02 Å². The molecule has 0 aliphatic carbocycles. The van der Waals surface area contributed by atoms with Crippen molar-refractivity contribution in [3.8, 4) is 5.75 Å². The van der Waals surface area contributed by atoms with Crippen LogP contribution >= 0.6 is 11.6 Å². The largest absolute Gasteiger partial charge is 0.492 e. The lowest BCUT2D eigenvalue weighted by atomic mass is 9.97. The highest BCUT2D eigenvalue weighted by Gasteiger charge is 2.32. The minimum absolute atomic E-state index is 0.0765. The Hall–Kier alpha value is -2.09. The van der Waals surface area contributed by atoms with Crippen molar-refractivity contribution in [2.24, 2.45) is 5.92 Å². The molecule has 2 aromatic carbocycles. The maximum Gasteiger partial charge on any atom is 0.243 e. The van der Waals surface area contributed by atoms with Crippen molar-refractivity contribution in [2.45, 2.75) is 24.7 Å². The zero-order chi connectivity index (χ0) is 20.1. The van der Waals surface area contributed by atoms with E-state index >= 15 is 0 Å². The van der Waals surface area contributed by atoms with Crippen molar-refractivity contribution >= 4 is 33.2 Å². The molecule has 1 amide bonds. The minimum Gasteiger partial charge on any atom is -0.492 e. The summed E-state index contributed by atoms with van der Waals surface area (Å²) in [5.74, 6) is 0.169. The Morgan fingerprint density at radius 2 is 1.86 bits per heavy atom. The van der Waals surface area contributed by atoms with E-state index in [1.165, 1.54) is 16.4 Å². The summed E-state index contributed by atoms with van der Waals surface area (Å²) in [5.41, 5.74) is 0.742. The van der Waals surface area contributed by atoms with Crippen LogP contribution in [0.4, 0.5) is 5.69 Å². The predicted molar refractivity (Wildman–Crippen MR) is 109 cm³/mol. The van der Waals surface area contributed by atoms with Gasteiger partial charge in [-0.3, -0.25) is 4.79 Å². The normalized spacial score (nSPS) is 15.9. The second kappa shape index (κ2) is 8.94. The molecule has 0 aromatic heterocycles. The van der Waals surface area contributed by atoms with E-state index in [0.29, 0.717) is 38.3 Å². The van der Waals surface area contributed by atoms with Gasteiger partial charge in [-0.25, -0.2) is 8.42 Å². The van der Waals surface area contributed by atoms with Gasteiger partial charge in [-0.05, 0) is 50.1 Å². The van der Waals surface area contributed by atoms with Gasteiger partial charge < -0.3 is 10.1 Å². The Labute approximate surface area is 170 Å². The zero-order valence-corrected chi connectivity index (χ0v) is 17.2. The number of para-hydroxylation sites is 1. The second-order valence-electron chi connectivity index (χ2n) is 6.56. The first-order valence-corrected chi connectivity index (χ1v) is 11.0. The molecule has 1 aliphatic rings. The van der Waals surface area contributed by atoms with Crippen molar-refractivity contribution in [3.63, 3.8) is 0 Å². The molecule has 1 N–H and O–H groups in total. The van der Waals surface area contributed by atoms with E-state index in [0.717, 1.165) is 5.69 Å². The number of amides is 1. The maximum absolute atomic E-state index is 12.9. The number of rotatable bonds is 6. The lowest BCUT2D eigenvalue weighted by molar-refractivity contribution is -0.120. The Morgan fingerprint density at radius 1 is 1.18 bits per heavy atom. The van der Waals surface area contributed by atoms with Gasteiger partial charge in [0.2, 0.25) is 15.9 Å². The van der Waals surface area contributed by atoms with Gasteiger partial charge in [0.15, 0.2) is 0 Å². The monoisotopic (exact) mass is 422 g/mol.